The summed E-state index contributed by atoms with van der Waals surface area (Å²) in [5.74, 6) is 0.845. The van der Waals surface area contributed by atoms with Crippen LogP contribution in [0.2, 0.25) is 0 Å². The Morgan fingerprint density at radius 1 is 1.31 bits per heavy atom. The monoisotopic (exact) mass is 218 g/mol. The zero-order chi connectivity index (χ0) is 11.7. The molecule has 2 unspecified atom stereocenters. The van der Waals surface area contributed by atoms with Crippen LogP contribution in [0.5, 0.6) is 0 Å². The highest BCUT2D eigenvalue weighted by atomic mass is 15.2. The van der Waals surface area contributed by atoms with Crippen molar-refractivity contribution in [2.45, 2.75) is 39.7 Å². The summed E-state index contributed by atoms with van der Waals surface area (Å²) in [6, 6.07) is 6.99. The van der Waals surface area contributed by atoms with Gasteiger partial charge >= 0.3 is 0 Å². The van der Waals surface area contributed by atoms with Gasteiger partial charge in [-0.2, -0.15) is 0 Å². The molecule has 0 spiro atoms. The zero-order valence-corrected chi connectivity index (χ0v) is 10.5. The lowest BCUT2D eigenvalue weighted by atomic mass is 9.92. The van der Waals surface area contributed by atoms with Crippen molar-refractivity contribution in [1.82, 2.24) is 0 Å². The van der Waals surface area contributed by atoms with Crippen LogP contribution in [0.15, 0.2) is 18.2 Å². The van der Waals surface area contributed by atoms with Crippen LogP contribution in [0.4, 0.5) is 11.4 Å². The minimum absolute atomic E-state index is 0.605. The van der Waals surface area contributed by atoms with Gasteiger partial charge in [0.05, 0.1) is 11.4 Å². The Bertz CT molecular complexity index is 373. The van der Waals surface area contributed by atoms with E-state index in [-0.39, 0.29) is 0 Å². The summed E-state index contributed by atoms with van der Waals surface area (Å²) >= 11 is 0. The number of hydrogen-bond acceptors (Lipinski definition) is 2. The maximum Gasteiger partial charge on any atom is 0.0602 e. The van der Waals surface area contributed by atoms with E-state index in [0.29, 0.717) is 6.04 Å². The smallest absolute Gasteiger partial charge is 0.0602 e. The number of nitrogens with two attached hydrogens (primary N) is 1. The van der Waals surface area contributed by atoms with Crippen molar-refractivity contribution in [2.75, 3.05) is 17.2 Å². The van der Waals surface area contributed by atoms with E-state index in [1.165, 1.54) is 24.1 Å². The number of nitrogens with zero attached hydrogens (tertiary/aromatic N) is 1. The number of rotatable bonds is 1. The van der Waals surface area contributed by atoms with Gasteiger partial charge in [0.25, 0.3) is 0 Å². The fourth-order valence-corrected chi connectivity index (χ4v) is 2.70. The molecule has 1 heterocycles. The van der Waals surface area contributed by atoms with Gasteiger partial charge < -0.3 is 10.6 Å². The van der Waals surface area contributed by atoms with E-state index in [0.717, 1.165) is 18.2 Å². The van der Waals surface area contributed by atoms with Crippen molar-refractivity contribution < 1.29 is 0 Å². The molecule has 16 heavy (non-hydrogen) atoms. The van der Waals surface area contributed by atoms with E-state index in [1.807, 2.05) is 0 Å². The van der Waals surface area contributed by atoms with E-state index >= 15 is 0 Å². The Kier molecular flexibility index (Phi) is 3.08. The molecule has 0 amide bonds. The molecular formula is C14H22N2. The molecule has 2 heteroatoms. The summed E-state index contributed by atoms with van der Waals surface area (Å²) in [4.78, 5) is 2.45. The Labute approximate surface area is 98.4 Å². The molecule has 1 aromatic rings. The van der Waals surface area contributed by atoms with Crippen molar-refractivity contribution in [3.05, 3.63) is 23.8 Å². The van der Waals surface area contributed by atoms with Crippen LogP contribution in [0, 0.1) is 12.8 Å². The topological polar surface area (TPSA) is 29.3 Å². The summed E-state index contributed by atoms with van der Waals surface area (Å²) in [6.45, 7) is 7.86. The largest absolute Gasteiger partial charge is 0.397 e. The molecule has 1 fully saturated rings. The van der Waals surface area contributed by atoms with E-state index in [2.05, 4.69) is 43.9 Å². The second-order valence-electron chi connectivity index (χ2n) is 5.23. The van der Waals surface area contributed by atoms with Gasteiger partial charge in [-0.1, -0.05) is 13.0 Å². The number of piperidine rings is 1. The van der Waals surface area contributed by atoms with Gasteiger partial charge in [0.2, 0.25) is 0 Å². The molecular weight excluding hydrogens is 196 g/mol. The first kappa shape index (κ1) is 11.3. The van der Waals surface area contributed by atoms with Crippen molar-refractivity contribution >= 4 is 11.4 Å². The van der Waals surface area contributed by atoms with E-state index in [4.69, 9.17) is 5.73 Å². The Balaban J connectivity index is 2.23. The van der Waals surface area contributed by atoms with Crippen LogP contribution in [0.25, 0.3) is 0 Å². The highest BCUT2D eigenvalue weighted by molar-refractivity contribution is 5.69. The molecule has 0 aromatic heterocycles. The third kappa shape index (κ3) is 2.16. The molecule has 2 nitrogen and oxygen atoms in total. The number of benzene rings is 1. The highest BCUT2D eigenvalue weighted by Crippen LogP contribution is 2.31. The number of anilines is 2. The third-order valence-electron chi connectivity index (χ3n) is 3.63. The van der Waals surface area contributed by atoms with Gasteiger partial charge in [0.1, 0.15) is 0 Å². The summed E-state index contributed by atoms with van der Waals surface area (Å²) in [7, 11) is 0. The maximum absolute atomic E-state index is 6.11. The third-order valence-corrected chi connectivity index (χ3v) is 3.63. The Morgan fingerprint density at radius 3 is 2.69 bits per heavy atom. The number of nitrogen functional groups attached to an aromatic ring is 1. The molecule has 0 saturated carbocycles. The zero-order valence-electron chi connectivity index (χ0n) is 10.5. The summed E-state index contributed by atoms with van der Waals surface area (Å²) in [5.41, 5.74) is 9.47. The van der Waals surface area contributed by atoms with Crippen LogP contribution in [-0.2, 0) is 0 Å². The second-order valence-corrected chi connectivity index (χ2v) is 5.23. The lowest BCUT2D eigenvalue weighted by Gasteiger charge is -2.39. The lowest BCUT2D eigenvalue weighted by Crippen LogP contribution is -2.40. The molecule has 0 bridgehead atoms. The predicted octanol–water partition coefficient (Wildman–Crippen LogP) is 3.20. The van der Waals surface area contributed by atoms with Gasteiger partial charge in [-0.25, -0.2) is 0 Å². The molecule has 2 N–H and O–H groups in total. The fraction of sp³-hybridized carbons (Fsp3) is 0.571. The summed E-state index contributed by atoms with van der Waals surface area (Å²) in [5, 5.41) is 0. The van der Waals surface area contributed by atoms with Crippen LogP contribution in [-0.4, -0.2) is 12.6 Å². The fourth-order valence-electron chi connectivity index (χ4n) is 2.70. The number of aryl methyl sites for hydroxylation is 1. The molecule has 1 aromatic carbocycles. The van der Waals surface area contributed by atoms with Crippen molar-refractivity contribution in [3.63, 3.8) is 0 Å². The quantitative estimate of drug-likeness (QED) is 0.733. The molecule has 0 aliphatic carbocycles. The molecule has 1 saturated heterocycles. The van der Waals surface area contributed by atoms with Gasteiger partial charge in [-0.3, -0.25) is 0 Å². The van der Waals surface area contributed by atoms with Crippen molar-refractivity contribution in [1.29, 1.82) is 0 Å². The number of hydrogen-bond donors (Lipinski definition) is 1. The first-order chi connectivity index (χ1) is 7.58. The molecule has 2 atom stereocenters. The normalized spacial score (nSPS) is 25.8. The average Bonchev–Trinajstić information content (AvgIpc) is 2.19. The summed E-state index contributed by atoms with van der Waals surface area (Å²) < 4.78 is 0. The standard InChI is InChI=1S/C14H22N2/c1-10-4-5-14(13(15)9-10)16-7-6-11(2)8-12(16)3/h4-5,9,11-12H,6-8,15H2,1-3H3. The highest BCUT2D eigenvalue weighted by Gasteiger charge is 2.23. The first-order valence-electron chi connectivity index (χ1n) is 6.20. The molecule has 1 aliphatic heterocycles. The van der Waals surface area contributed by atoms with Gasteiger partial charge in [-0.05, 0) is 50.3 Å². The summed E-state index contributed by atoms with van der Waals surface area (Å²) in [6.07, 6.45) is 2.55. The van der Waals surface area contributed by atoms with Gasteiger partial charge in [0.15, 0.2) is 0 Å². The van der Waals surface area contributed by atoms with Crippen LogP contribution in [0.1, 0.15) is 32.3 Å². The van der Waals surface area contributed by atoms with Crippen LogP contribution in [0.3, 0.4) is 0 Å². The van der Waals surface area contributed by atoms with Crippen molar-refractivity contribution in [2.24, 2.45) is 5.92 Å². The van der Waals surface area contributed by atoms with E-state index < -0.39 is 0 Å². The van der Waals surface area contributed by atoms with E-state index in [1.54, 1.807) is 0 Å². The Hall–Kier alpha value is -1.18. The molecule has 2 rings (SSSR count). The minimum atomic E-state index is 0.605. The Morgan fingerprint density at radius 2 is 2.06 bits per heavy atom. The predicted molar refractivity (Wildman–Crippen MR) is 70.8 cm³/mol. The molecule has 88 valence electrons. The van der Waals surface area contributed by atoms with Crippen LogP contribution >= 0.6 is 0 Å². The van der Waals surface area contributed by atoms with Gasteiger partial charge in [-0.15, -0.1) is 0 Å². The van der Waals surface area contributed by atoms with Crippen LogP contribution < -0.4 is 10.6 Å². The van der Waals surface area contributed by atoms with Crippen molar-refractivity contribution in [3.8, 4) is 0 Å². The first-order valence-corrected chi connectivity index (χ1v) is 6.20. The SMILES string of the molecule is Cc1ccc(N2CCC(C)CC2C)c(N)c1. The minimum Gasteiger partial charge on any atom is -0.397 e. The lowest BCUT2D eigenvalue weighted by molar-refractivity contribution is 0.378. The average molecular weight is 218 g/mol. The molecule has 0 radical (unpaired) electrons. The maximum atomic E-state index is 6.11. The van der Waals surface area contributed by atoms with Gasteiger partial charge in [0, 0.05) is 12.6 Å². The van der Waals surface area contributed by atoms with E-state index in [9.17, 15) is 0 Å². The molecule has 1 aliphatic rings. The second kappa shape index (κ2) is 4.36.